The first-order chi connectivity index (χ1) is 8.83. The molecule has 0 atom stereocenters. The molecule has 2 aromatic carbocycles. The van der Waals surface area contributed by atoms with Gasteiger partial charge in [0.1, 0.15) is 5.43 Å². The molecule has 1 heterocycles. The SMILES string of the molecule is Cc1ccc(-c2nsc(-c3ccccc3)p2)cc1. The van der Waals surface area contributed by atoms with Crippen molar-refractivity contribution in [3.8, 4) is 21.2 Å². The number of aryl methyl sites for hydroxylation is 1. The van der Waals surface area contributed by atoms with Crippen molar-refractivity contribution in [1.29, 1.82) is 0 Å². The third-order valence-electron chi connectivity index (χ3n) is 2.76. The van der Waals surface area contributed by atoms with Gasteiger partial charge in [0.2, 0.25) is 0 Å². The number of benzene rings is 2. The van der Waals surface area contributed by atoms with E-state index in [2.05, 4.69) is 59.8 Å². The Bertz CT molecular complexity index is 644. The minimum absolute atomic E-state index is 1.15. The summed E-state index contributed by atoms with van der Waals surface area (Å²) in [5, 5.41) is 0. The van der Waals surface area contributed by atoms with Crippen molar-refractivity contribution < 1.29 is 0 Å². The first kappa shape index (κ1) is 11.6. The average molecular weight is 269 g/mol. The maximum absolute atomic E-state index is 4.58. The van der Waals surface area contributed by atoms with Crippen molar-refractivity contribution in [2.45, 2.75) is 6.92 Å². The molecule has 1 nitrogen and oxygen atoms in total. The molecule has 3 aromatic rings. The van der Waals surface area contributed by atoms with Gasteiger partial charge in [-0.05, 0) is 32.2 Å². The molecule has 0 bridgehead atoms. The Morgan fingerprint density at radius 3 is 2.33 bits per heavy atom. The van der Waals surface area contributed by atoms with Crippen LogP contribution in [0.25, 0.3) is 21.2 Å². The van der Waals surface area contributed by atoms with Crippen LogP contribution in [0.15, 0.2) is 54.6 Å². The second-order valence-corrected chi connectivity index (χ2v) is 6.33. The zero-order valence-corrected chi connectivity index (χ0v) is 11.7. The molecule has 0 unspecified atom stereocenters. The minimum atomic E-state index is 1.15. The van der Waals surface area contributed by atoms with Gasteiger partial charge in [0.25, 0.3) is 0 Å². The molecule has 1 aromatic heterocycles. The van der Waals surface area contributed by atoms with E-state index < -0.39 is 0 Å². The molecular weight excluding hydrogens is 257 g/mol. The number of rotatable bonds is 2. The summed E-state index contributed by atoms with van der Waals surface area (Å²) in [6.45, 7) is 2.11. The number of aromatic nitrogens is 1. The lowest BCUT2D eigenvalue weighted by Crippen LogP contribution is -1.74. The van der Waals surface area contributed by atoms with E-state index in [1.165, 1.54) is 29.5 Å². The highest BCUT2D eigenvalue weighted by Crippen LogP contribution is 2.39. The highest BCUT2D eigenvalue weighted by molar-refractivity contribution is 7.47. The van der Waals surface area contributed by atoms with E-state index in [-0.39, 0.29) is 0 Å². The van der Waals surface area contributed by atoms with Gasteiger partial charge in [0.15, 0.2) is 0 Å². The smallest absolute Gasteiger partial charge is 0.111 e. The Labute approximate surface area is 112 Å². The van der Waals surface area contributed by atoms with Gasteiger partial charge in [0, 0.05) is 5.56 Å². The molecule has 0 saturated carbocycles. The van der Waals surface area contributed by atoms with Gasteiger partial charge in [-0.15, -0.1) is 0 Å². The Morgan fingerprint density at radius 1 is 0.889 bits per heavy atom. The van der Waals surface area contributed by atoms with Crippen LogP contribution >= 0.6 is 19.7 Å². The quantitative estimate of drug-likeness (QED) is 0.609. The molecule has 18 heavy (non-hydrogen) atoms. The van der Waals surface area contributed by atoms with Crippen molar-refractivity contribution >= 4 is 19.7 Å². The second kappa shape index (κ2) is 5.01. The molecule has 3 rings (SSSR count). The topological polar surface area (TPSA) is 12.9 Å². The monoisotopic (exact) mass is 269 g/mol. The molecule has 0 saturated heterocycles. The first-order valence-corrected chi connectivity index (χ1v) is 7.46. The van der Waals surface area contributed by atoms with Crippen LogP contribution in [0.5, 0.6) is 0 Å². The van der Waals surface area contributed by atoms with Crippen molar-refractivity contribution in [1.82, 2.24) is 4.37 Å². The summed E-state index contributed by atoms with van der Waals surface area (Å²) in [6.07, 6.45) is 0. The molecule has 0 radical (unpaired) electrons. The lowest BCUT2D eigenvalue weighted by Gasteiger charge is -1.96. The highest BCUT2D eigenvalue weighted by atomic mass is 32.1. The van der Waals surface area contributed by atoms with Crippen molar-refractivity contribution in [3.63, 3.8) is 0 Å². The fourth-order valence-corrected chi connectivity index (χ4v) is 3.84. The lowest BCUT2D eigenvalue weighted by atomic mass is 10.2. The molecule has 0 N–H and O–H groups in total. The third kappa shape index (κ3) is 2.35. The Hall–Kier alpha value is -1.50. The summed E-state index contributed by atoms with van der Waals surface area (Å²) in [4.78, 5) is 0. The van der Waals surface area contributed by atoms with E-state index in [4.69, 9.17) is 0 Å². The number of hydrogen-bond donors (Lipinski definition) is 0. The molecule has 0 spiro atoms. The largest absolute Gasteiger partial charge is 0.187 e. The standard InChI is InChI=1S/C15H12NPS/c1-11-7-9-12(10-8-11)14-16-18-15(17-14)13-5-3-2-4-6-13/h2-10H,1H3. The minimum Gasteiger partial charge on any atom is -0.187 e. The number of nitrogens with zero attached hydrogens (tertiary/aromatic N) is 1. The third-order valence-corrected chi connectivity index (χ3v) is 5.12. The molecule has 0 aliphatic carbocycles. The van der Waals surface area contributed by atoms with Gasteiger partial charge in [-0.25, -0.2) is 0 Å². The van der Waals surface area contributed by atoms with E-state index in [9.17, 15) is 0 Å². The molecule has 88 valence electrons. The van der Waals surface area contributed by atoms with E-state index in [0.717, 1.165) is 5.43 Å². The van der Waals surface area contributed by atoms with Gasteiger partial charge in [-0.1, -0.05) is 60.2 Å². The predicted octanol–water partition coefficient (Wildman–Crippen LogP) is 5.37. The fourth-order valence-electron chi connectivity index (χ4n) is 1.74. The highest BCUT2D eigenvalue weighted by Gasteiger charge is 2.06. The molecule has 0 amide bonds. The van der Waals surface area contributed by atoms with Gasteiger partial charge < -0.3 is 0 Å². The van der Waals surface area contributed by atoms with E-state index in [1.54, 1.807) is 11.5 Å². The van der Waals surface area contributed by atoms with Gasteiger partial charge in [-0.2, -0.15) is 4.37 Å². The number of hydrogen-bond acceptors (Lipinski definition) is 2. The zero-order chi connectivity index (χ0) is 12.4. The van der Waals surface area contributed by atoms with Crippen LogP contribution in [-0.2, 0) is 0 Å². The van der Waals surface area contributed by atoms with Gasteiger partial charge in [-0.3, -0.25) is 0 Å². The predicted molar refractivity (Wildman–Crippen MR) is 80.2 cm³/mol. The van der Waals surface area contributed by atoms with Crippen LogP contribution in [0.3, 0.4) is 0 Å². The normalized spacial score (nSPS) is 10.9. The fraction of sp³-hybridized carbons (Fsp3) is 0.0667. The molecule has 0 aliphatic rings. The van der Waals surface area contributed by atoms with Crippen LogP contribution in [0.2, 0.25) is 0 Å². The molecule has 0 fully saturated rings. The summed E-state index contributed by atoms with van der Waals surface area (Å²) in [6, 6.07) is 19.0. The molecule has 3 heteroatoms. The van der Waals surface area contributed by atoms with Crippen molar-refractivity contribution in [2.75, 3.05) is 0 Å². The summed E-state index contributed by atoms with van der Waals surface area (Å²) >= 11 is 1.59. The van der Waals surface area contributed by atoms with E-state index in [0.29, 0.717) is 0 Å². The Balaban J connectivity index is 1.97. The van der Waals surface area contributed by atoms with Crippen LogP contribution in [0.4, 0.5) is 0 Å². The van der Waals surface area contributed by atoms with Crippen LogP contribution in [-0.4, -0.2) is 4.37 Å². The Kier molecular flexibility index (Phi) is 3.22. The average Bonchev–Trinajstić information content (AvgIpc) is 2.90. The molecular formula is C15H12NPS. The summed E-state index contributed by atoms with van der Waals surface area (Å²) in [7, 11) is 1.21. The van der Waals surface area contributed by atoms with Gasteiger partial charge >= 0.3 is 0 Å². The van der Waals surface area contributed by atoms with Gasteiger partial charge in [0.05, 0.1) is 4.61 Å². The van der Waals surface area contributed by atoms with Crippen LogP contribution in [0.1, 0.15) is 5.56 Å². The lowest BCUT2D eigenvalue weighted by molar-refractivity contribution is 1.46. The van der Waals surface area contributed by atoms with Crippen LogP contribution in [0, 0.1) is 6.92 Å². The van der Waals surface area contributed by atoms with Crippen molar-refractivity contribution in [2.24, 2.45) is 0 Å². The van der Waals surface area contributed by atoms with Crippen LogP contribution < -0.4 is 0 Å². The maximum Gasteiger partial charge on any atom is 0.111 e. The second-order valence-electron chi connectivity index (χ2n) is 4.16. The first-order valence-electron chi connectivity index (χ1n) is 5.79. The summed E-state index contributed by atoms with van der Waals surface area (Å²) in [5.41, 5.74) is 4.93. The Morgan fingerprint density at radius 2 is 1.61 bits per heavy atom. The van der Waals surface area contributed by atoms with E-state index in [1.807, 2.05) is 6.07 Å². The summed E-state index contributed by atoms with van der Waals surface area (Å²) in [5.74, 6) is 0. The zero-order valence-electron chi connectivity index (χ0n) is 10.00. The maximum atomic E-state index is 4.58. The molecule has 0 aliphatic heterocycles. The van der Waals surface area contributed by atoms with E-state index >= 15 is 0 Å². The van der Waals surface area contributed by atoms with Crippen molar-refractivity contribution in [3.05, 3.63) is 60.2 Å². The summed E-state index contributed by atoms with van der Waals surface area (Å²) < 4.78 is 5.89.